The molecule has 2 atom stereocenters. The zero-order valence-electron chi connectivity index (χ0n) is 9.45. The van der Waals surface area contributed by atoms with Gasteiger partial charge in [-0.25, -0.2) is 0 Å². The Morgan fingerprint density at radius 1 is 1.43 bits per heavy atom. The average Bonchev–Trinajstić information content (AvgIpc) is 2.51. The standard InChI is InChI=1S/C11H20N2S/c1-5-9(12)11(13(3)4)10-7-6-8(2)14-10/h6-7,9,11H,5,12H2,1-4H3. The minimum absolute atomic E-state index is 0.225. The van der Waals surface area contributed by atoms with E-state index in [0.29, 0.717) is 6.04 Å². The lowest BCUT2D eigenvalue weighted by atomic mass is 10.0. The molecular formula is C11H20N2S. The molecule has 1 aromatic heterocycles. The van der Waals surface area contributed by atoms with Gasteiger partial charge in [0.25, 0.3) is 0 Å². The molecule has 3 heteroatoms. The fourth-order valence-electron chi connectivity index (χ4n) is 1.68. The summed E-state index contributed by atoms with van der Waals surface area (Å²) in [4.78, 5) is 4.94. The average molecular weight is 212 g/mol. The van der Waals surface area contributed by atoms with Gasteiger partial charge in [0.1, 0.15) is 0 Å². The van der Waals surface area contributed by atoms with Crippen molar-refractivity contribution in [1.29, 1.82) is 0 Å². The molecule has 1 heterocycles. The van der Waals surface area contributed by atoms with E-state index in [4.69, 9.17) is 5.73 Å². The summed E-state index contributed by atoms with van der Waals surface area (Å²) < 4.78 is 0. The van der Waals surface area contributed by atoms with Crippen LogP contribution in [0.4, 0.5) is 0 Å². The van der Waals surface area contributed by atoms with Crippen molar-refractivity contribution in [3.63, 3.8) is 0 Å². The van der Waals surface area contributed by atoms with Crippen LogP contribution < -0.4 is 5.73 Å². The van der Waals surface area contributed by atoms with E-state index < -0.39 is 0 Å². The summed E-state index contributed by atoms with van der Waals surface area (Å²) in [5.41, 5.74) is 6.12. The maximum atomic E-state index is 6.12. The molecule has 2 N–H and O–H groups in total. The minimum atomic E-state index is 0.225. The highest BCUT2D eigenvalue weighted by Gasteiger charge is 2.21. The SMILES string of the molecule is CCC(N)C(c1ccc(C)s1)N(C)C. The van der Waals surface area contributed by atoms with Crippen LogP contribution in [0, 0.1) is 6.92 Å². The molecule has 0 fully saturated rings. The predicted molar refractivity (Wildman–Crippen MR) is 63.8 cm³/mol. The van der Waals surface area contributed by atoms with Gasteiger partial charge < -0.3 is 10.6 Å². The van der Waals surface area contributed by atoms with E-state index in [1.54, 1.807) is 0 Å². The van der Waals surface area contributed by atoms with E-state index in [1.807, 2.05) is 11.3 Å². The summed E-state index contributed by atoms with van der Waals surface area (Å²) in [7, 11) is 4.18. The molecule has 0 spiro atoms. The van der Waals surface area contributed by atoms with E-state index >= 15 is 0 Å². The first-order valence-corrected chi connectivity index (χ1v) is 5.86. The molecule has 0 radical (unpaired) electrons. The molecular weight excluding hydrogens is 192 g/mol. The number of hydrogen-bond acceptors (Lipinski definition) is 3. The molecule has 2 nitrogen and oxygen atoms in total. The van der Waals surface area contributed by atoms with Crippen LogP contribution in [-0.2, 0) is 0 Å². The molecule has 0 aliphatic carbocycles. The van der Waals surface area contributed by atoms with Crippen LogP contribution in [0.5, 0.6) is 0 Å². The lowest BCUT2D eigenvalue weighted by Crippen LogP contribution is -2.36. The smallest absolute Gasteiger partial charge is 0.0588 e. The third-order valence-corrected chi connectivity index (χ3v) is 3.56. The molecule has 0 bridgehead atoms. The Balaban J connectivity index is 2.88. The molecule has 0 amide bonds. The Bertz CT molecular complexity index is 281. The largest absolute Gasteiger partial charge is 0.326 e. The number of aryl methyl sites for hydroxylation is 1. The van der Waals surface area contributed by atoms with Gasteiger partial charge in [-0.05, 0) is 39.6 Å². The van der Waals surface area contributed by atoms with Gasteiger partial charge in [0.2, 0.25) is 0 Å². The molecule has 0 aromatic carbocycles. The summed E-state index contributed by atoms with van der Waals surface area (Å²) in [6.45, 7) is 4.28. The van der Waals surface area contributed by atoms with Gasteiger partial charge in [-0.1, -0.05) is 6.92 Å². The predicted octanol–water partition coefficient (Wildman–Crippen LogP) is 2.40. The second-order valence-corrected chi connectivity index (χ2v) is 5.25. The van der Waals surface area contributed by atoms with Crippen LogP contribution >= 0.6 is 11.3 Å². The lowest BCUT2D eigenvalue weighted by Gasteiger charge is -2.28. The highest BCUT2D eigenvalue weighted by atomic mass is 32.1. The monoisotopic (exact) mass is 212 g/mol. The zero-order chi connectivity index (χ0) is 10.7. The molecule has 1 rings (SSSR count). The summed E-state index contributed by atoms with van der Waals surface area (Å²) in [6, 6.07) is 4.95. The zero-order valence-corrected chi connectivity index (χ0v) is 10.3. The minimum Gasteiger partial charge on any atom is -0.326 e. The Labute approximate surface area is 90.7 Å². The van der Waals surface area contributed by atoms with Crippen LogP contribution in [0.25, 0.3) is 0 Å². The lowest BCUT2D eigenvalue weighted by molar-refractivity contribution is 0.257. The molecule has 2 unspecified atom stereocenters. The highest BCUT2D eigenvalue weighted by molar-refractivity contribution is 7.12. The Hall–Kier alpha value is -0.380. The highest BCUT2D eigenvalue weighted by Crippen LogP contribution is 2.28. The van der Waals surface area contributed by atoms with Gasteiger partial charge in [0.05, 0.1) is 6.04 Å². The van der Waals surface area contributed by atoms with Crippen molar-refractivity contribution in [1.82, 2.24) is 4.90 Å². The van der Waals surface area contributed by atoms with E-state index in [9.17, 15) is 0 Å². The number of nitrogens with zero attached hydrogens (tertiary/aromatic N) is 1. The van der Waals surface area contributed by atoms with Crippen molar-refractivity contribution in [3.8, 4) is 0 Å². The van der Waals surface area contributed by atoms with E-state index in [2.05, 4.69) is 45.0 Å². The van der Waals surface area contributed by atoms with E-state index in [1.165, 1.54) is 9.75 Å². The first kappa shape index (κ1) is 11.7. The molecule has 0 aliphatic rings. The van der Waals surface area contributed by atoms with E-state index in [0.717, 1.165) is 6.42 Å². The molecule has 0 aliphatic heterocycles. The van der Waals surface area contributed by atoms with E-state index in [-0.39, 0.29) is 6.04 Å². The Morgan fingerprint density at radius 2 is 2.07 bits per heavy atom. The maximum Gasteiger partial charge on any atom is 0.0588 e. The van der Waals surface area contributed by atoms with Gasteiger partial charge in [-0.2, -0.15) is 0 Å². The van der Waals surface area contributed by atoms with Crippen molar-refractivity contribution in [3.05, 3.63) is 21.9 Å². The number of thiophene rings is 1. The van der Waals surface area contributed by atoms with Crippen molar-refractivity contribution < 1.29 is 0 Å². The van der Waals surface area contributed by atoms with Gasteiger partial charge in [-0.3, -0.25) is 0 Å². The maximum absolute atomic E-state index is 6.12. The summed E-state index contributed by atoms with van der Waals surface area (Å²) in [5.74, 6) is 0. The number of rotatable bonds is 4. The number of nitrogens with two attached hydrogens (primary N) is 1. The Morgan fingerprint density at radius 3 is 2.43 bits per heavy atom. The van der Waals surface area contributed by atoms with Crippen LogP contribution in [-0.4, -0.2) is 25.0 Å². The third kappa shape index (κ3) is 2.56. The molecule has 0 saturated carbocycles. The van der Waals surface area contributed by atoms with Crippen LogP contribution in [0.2, 0.25) is 0 Å². The van der Waals surface area contributed by atoms with Crippen molar-refractivity contribution in [2.75, 3.05) is 14.1 Å². The van der Waals surface area contributed by atoms with Gasteiger partial charge in [0.15, 0.2) is 0 Å². The van der Waals surface area contributed by atoms with Crippen molar-refractivity contribution >= 4 is 11.3 Å². The van der Waals surface area contributed by atoms with Crippen LogP contribution in [0.15, 0.2) is 12.1 Å². The fourth-order valence-corrected chi connectivity index (χ4v) is 2.83. The molecule has 1 aromatic rings. The molecule has 14 heavy (non-hydrogen) atoms. The number of hydrogen-bond donors (Lipinski definition) is 1. The first-order valence-electron chi connectivity index (χ1n) is 5.04. The topological polar surface area (TPSA) is 29.3 Å². The fraction of sp³-hybridized carbons (Fsp3) is 0.636. The Kier molecular flexibility index (Phi) is 4.11. The van der Waals surface area contributed by atoms with Crippen LogP contribution in [0.1, 0.15) is 29.1 Å². The van der Waals surface area contributed by atoms with Gasteiger partial charge in [0, 0.05) is 15.8 Å². The molecule has 80 valence electrons. The van der Waals surface area contributed by atoms with Gasteiger partial charge in [-0.15, -0.1) is 11.3 Å². The van der Waals surface area contributed by atoms with Gasteiger partial charge >= 0.3 is 0 Å². The molecule has 0 saturated heterocycles. The van der Waals surface area contributed by atoms with Crippen molar-refractivity contribution in [2.24, 2.45) is 5.73 Å². The second-order valence-electron chi connectivity index (χ2n) is 3.93. The summed E-state index contributed by atoms with van der Waals surface area (Å²) >= 11 is 1.85. The van der Waals surface area contributed by atoms with Crippen molar-refractivity contribution in [2.45, 2.75) is 32.4 Å². The summed E-state index contributed by atoms with van der Waals surface area (Å²) in [5, 5.41) is 0. The third-order valence-electron chi connectivity index (χ3n) is 2.49. The summed E-state index contributed by atoms with van der Waals surface area (Å²) in [6.07, 6.45) is 1.01. The quantitative estimate of drug-likeness (QED) is 0.830. The first-order chi connectivity index (χ1) is 6.56. The van der Waals surface area contributed by atoms with Crippen LogP contribution in [0.3, 0.4) is 0 Å². The number of likely N-dealkylation sites (N-methyl/N-ethyl adjacent to an activating group) is 1. The normalized spacial score (nSPS) is 15.9. The second kappa shape index (κ2) is 4.91.